The van der Waals surface area contributed by atoms with Crippen LogP contribution < -0.4 is 4.90 Å². The van der Waals surface area contributed by atoms with E-state index in [9.17, 15) is 4.79 Å². The summed E-state index contributed by atoms with van der Waals surface area (Å²) in [6.45, 7) is 7.06. The molecule has 1 atom stereocenters. The number of ether oxygens (including phenoxy) is 1. The SMILES string of the molecule is CN(c1cncc(Cl)n1)C1CCCN(C(=O)OC(C)(C)C)CC1. The van der Waals surface area contributed by atoms with Crippen LogP contribution in [0.5, 0.6) is 0 Å². The van der Waals surface area contributed by atoms with Crippen molar-refractivity contribution in [1.29, 1.82) is 0 Å². The number of hydrogen-bond donors (Lipinski definition) is 0. The van der Waals surface area contributed by atoms with Gasteiger partial charge in [0.15, 0.2) is 0 Å². The van der Waals surface area contributed by atoms with E-state index in [1.807, 2.05) is 27.8 Å². The summed E-state index contributed by atoms with van der Waals surface area (Å²) in [7, 11) is 1.99. The number of likely N-dealkylation sites (tertiary alicyclic amines) is 1. The predicted octanol–water partition coefficient (Wildman–Crippen LogP) is 3.36. The average molecular weight is 341 g/mol. The third-order valence-electron chi connectivity index (χ3n) is 3.85. The van der Waals surface area contributed by atoms with Crippen molar-refractivity contribution < 1.29 is 9.53 Å². The number of aromatic nitrogens is 2. The molecular formula is C16H25ClN4O2. The van der Waals surface area contributed by atoms with Crippen LogP contribution in [-0.2, 0) is 4.74 Å². The molecule has 0 spiro atoms. The molecule has 1 fully saturated rings. The lowest BCUT2D eigenvalue weighted by atomic mass is 10.1. The second-order valence-electron chi connectivity index (χ2n) is 6.86. The van der Waals surface area contributed by atoms with E-state index in [1.54, 1.807) is 11.1 Å². The van der Waals surface area contributed by atoms with Crippen molar-refractivity contribution in [1.82, 2.24) is 14.9 Å². The van der Waals surface area contributed by atoms with Gasteiger partial charge in [0.25, 0.3) is 0 Å². The van der Waals surface area contributed by atoms with Gasteiger partial charge in [-0.3, -0.25) is 4.98 Å². The van der Waals surface area contributed by atoms with Crippen LogP contribution in [0.4, 0.5) is 10.6 Å². The molecular weight excluding hydrogens is 316 g/mol. The molecule has 6 nitrogen and oxygen atoms in total. The van der Waals surface area contributed by atoms with E-state index in [-0.39, 0.29) is 6.09 Å². The van der Waals surface area contributed by atoms with E-state index in [0.717, 1.165) is 31.6 Å². The van der Waals surface area contributed by atoms with Gasteiger partial charge in [0.1, 0.15) is 16.6 Å². The molecule has 1 amide bonds. The number of rotatable bonds is 2. The Morgan fingerprint density at radius 1 is 1.35 bits per heavy atom. The molecule has 1 unspecified atom stereocenters. The maximum atomic E-state index is 12.2. The summed E-state index contributed by atoms with van der Waals surface area (Å²) in [6, 6.07) is 0.301. The highest BCUT2D eigenvalue weighted by atomic mass is 35.5. The van der Waals surface area contributed by atoms with Crippen LogP contribution in [0.1, 0.15) is 40.0 Å². The Hall–Kier alpha value is -1.56. The van der Waals surface area contributed by atoms with Crippen molar-refractivity contribution in [3.63, 3.8) is 0 Å². The molecule has 0 N–H and O–H groups in total. The Balaban J connectivity index is 1.97. The Labute approximate surface area is 142 Å². The van der Waals surface area contributed by atoms with E-state index >= 15 is 0 Å². The van der Waals surface area contributed by atoms with E-state index in [2.05, 4.69) is 14.9 Å². The van der Waals surface area contributed by atoms with Gasteiger partial charge >= 0.3 is 6.09 Å². The van der Waals surface area contributed by atoms with Gasteiger partial charge in [0, 0.05) is 26.2 Å². The first kappa shape index (κ1) is 17.8. The van der Waals surface area contributed by atoms with Gasteiger partial charge in [-0.05, 0) is 40.0 Å². The largest absolute Gasteiger partial charge is 0.444 e. The minimum Gasteiger partial charge on any atom is -0.444 e. The first-order valence-corrected chi connectivity index (χ1v) is 8.32. The van der Waals surface area contributed by atoms with Crippen molar-refractivity contribution in [2.75, 3.05) is 25.0 Å². The second kappa shape index (κ2) is 7.34. The summed E-state index contributed by atoms with van der Waals surface area (Å²) in [5.74, 6) is 0.758. The molecule has 0 radical (unpaired) electrons. The highest BCUT2D eigenvalue weighted by Crippen LogP contribution is 2.22. The first-order chi connectivity index (χ1) is 10.8. The molecule has 0 bridgehead atoms. The molecule has 1 aliphatic rings. The van der Waals surface area contributed by atoms with Crippen molar-refractivity contribution in [2.24, 2.45) is 0 Å². The van der Waals surface area contributed by atoms with Crippen molar-refractivity contribution >= 4 is 23.5 Å². The molecule has 2 rings (SSSR count). The Morgan fingerprint density at radius 3 is 2.74 bits per heavy atom. The van der Waals surface area contributed by atoms with Gasteiger partial charge in [-0.15, -0.1) is 0 Å². The standard InChI is InChI=1S/C16H25ClN4O2/c1-16(2,3)23-15(22)21-8-5-6-12(7-9-21)20(4)14-11-18-10-13(17)19-14/h10-12H,5-9H2,1-4H3. The summed E-state index contributed by atoms with van der Waals surface area (Å²) >= 11 is 5.92. The molecule has 0 aliphatic carbocycles. The van der Waals surface area contributed by atoms with Gasteiger partial charge in [-0.1, -0.05) is 11.6 Å². The summed E-state index contributed by atoms with van der Waals surface area (Å²) in [6.07, 6.45) is 5.79. The van der Waals surface area contributed by atoms with Crippen LogP contribution in [0.15, 0.2) is 12.4 Å². The fourth-order valence-corrected chi connectivity index (χ4v) is 2.81. The van der Waals surface area contributed by atoms with Crippen LogP contribution in [0, 0.1) is 0 Å². The summed E-state index contributed by atoms with van der Waals surface area (Å²) in [5, 5.41) is 0.387. The van der Waals surface area contributed by atoms with E-state index in [1.165, 1.54) is 6.20 Å². The Morgan fingerprint density at radius 2 is 2.09 bits per heavy atom. The lowest BCUT2D eigenvalue weighted by Gasteiger charge is -2.28. The summed E-state index contributed by atoms with van der Waals surface area (Å²) in [4.78, 5) is 24.5. The fourth-order valence-electron chi connectivity index (χ4n) is 2.66. The molecule has 0 aromatic carbocycles. The number of amides is 1. The highest BCUT2D eigenvalue weighted by molar-refractivity contribution is 6.29. The number of carbonyl (C=O) groups excluding carboxylic acids is 1. The smallest absolute Gasteiger partial charge is 0.410 e. The third kappa shape index (κ3) is 5.23. The second-order valence-corrected chi connectivity index (χ2v) is 7.25. The fraction of sp³-hybridized carbons (Fsp3) is 0.688. The molecule has 1 saturated heterocycles. The molecule has 1 aliphatic heterocycles. The molecule has 2 heterocycles. The zero-order valence-electron chi connectivity index (χ0n) is 14.3. The first-order valence-electron chi connectivity index (χ1n) is 7.94. The maximum Gasteiger partial charge on any atom is 0.410 e. The van der Waals surface area contributed by atoms with Gasteiger partial charge in [-0.25, -0.2) is 9.78 Å². The third-order valence-corrected chi connectivity index (χ3v) is 4.03. The van der Waals surface area contributed by atoms with Gasteiger partial charge in [-0.2, -0.15) is 0 Å². The summed E-state index contributed by atoms with van der Waals surface area (Å²) in [5.41, 5.74) is -0.462. The number of halogens is 1. The Kier molecular flexibility index (Phi) is 5.68. The average Bonchev–Trinajstić information content (AvgIpc) is 2.70. The minimum absolute atomic E-state index is 0.233. The van der Waals surface area contributed by atoms with Crippen molar-refractivity contribution in [3.05, 3.63) is 17.5 Å². The molecule has 1 aromatic rings. The van der Waals surface area contributed by atoms with Crippen LogP contribution in [0.2, 0.25) is 5.15 Å². The molecule has 0 saturated carbocycles. The lowest BCUT2D eigenvalue weighted by Crippen LogP contribution is -2.38. The van der Waals surface area contributed by atoms with Gasteiger partial charge in [0.2, 0.25) is 0 Å². The van der Waals surface area contributed by atoms with E-state index in [4.69, 9.17) is 16.3 Å². The van der Waals surface area contributed by atoms with Crippen molar-refractivity contribution in [3.8, 4) is 0 Å². The number of nitrogens with zero attached hydrogens (tertiary/aromatic N) is 4. The Bertz CT molecular complexity index is 547. The zero-order valence-corrected chi connectivity index (χ0v) is 15.0. The predicted molar refractivity (Wildman–Crippen MR) is 90.9 cm³/mol. The minimum atomic E-state index is -0.462. The number of anilines is 1. The van der Waals surface area contributed by atoms with E-state index in [0.29, 0.717) is 17.7 Å². The van der Waals surface area contributed by atoms with Crippen LogP contribution >= 0.6 is 11.6 Å². The summed E-state index contributed by atoms with van der Waals surface area (Å²) < 4.78 is 5.46. The zero-order chi connectivity index (χ0) is 17.0. The van der Waals surface area contributed by atoms with Crippen LogP contribution in [0.3, 0.4) is 0 Å². The van der Waals surface area contributed by atoms with E-state index < -0.39 is 5.60 Å². The molecule has 7 heteroatoms. The van der Waals surface area contributed by atoms with Crippen LogP contribution in [-0.4, -0.2) is 52.7 Å². The quantitative estimate of drug-likeness (QED) is 0.826. The van der Waals surface area contributed by atoms with Crippen LogP contribution in [0.25, 0.3) is 0 Å². The molecule has 1 aromatic heterocycles. The number of hydrogen-bond acceptors (Lipinski definition) is 5. The normalized spacial score (nSPS) is 19.2. The molecule has 23 heavy (non-hydrogen) atoms. The monoisotopic (exact) mass is 340 g/mol. The lowest BCUT2D eigenvalue weighted by molar-refractivity contribution is 0.0256. The highest BCUT2D eigenvalue weighted by Gasteiger charge is 2.27. The van der Waals surface area contributed by atoms with Crippen molar-refractivity contribution in [2.45, 2.75) is 51.7 Å². The van der Waals surface area contributed by atoms with Gasteiger partial charge < -0.3 is 14.5 Å². The molecule has 128 valence electrons. The maximum absolute atomic E-state index is 12.2. The topological polar surface area (TPSA) is 58.6 Å². The van der Waals surface area contributed by atoms with Gasteiger partial charge in [0.05, 0.1) is 12.4 Å². The number of carbonyl (C=O) groups is 1.